The molecule has 1 spiro atoms. The molecular formula is C46H67NO11. The van der Waals surface area contributed by atoms with Gasteiger partial charge in [0.15, 0.2) is 29.8 Å². The zero-order valence-corrected chi connectivity index (χ0v) is 35.9. The summed E-state index contributed by atoms with van der Waals surface area (Å²) in [7, 11) is 1.99. The van der Waals surface area contributed by atoms with Gasteiger partial charge in [0, 0.05) is 24.4 Å². The van der Waals surface area contributed by atoms with Gasteiger partial charge in [0.25, 0.3) is 0 Å². The van der Waals surface area contributed by atoms with Crippen LogP contribution in [0.4, 0.5) is 4.79 Å². The summed E-state index contributed by atoms with van der Waals surface area (Å²) in [6, 6.07) is 3.31. The van der Waals surface area contributed by atoms with Gasteiger partial charge in [-0.05, 0) is 111 Å². The van der Waals surface area contributed by atoms with Gasteiger partial charge < -0.3 is 38.4 Å². The van der Waals surface area contributed by atoms with Gasteiger partial charge in [-0.15, -0.1) is 0 Å². The predicted octanol–water partition coefficient (Wildman–Crippen LogP) is 8.72. The smallest absolute Gasteiger partial charge is 0.477 e. The van der Waals surface area contributed by atoms with Crippen LogP contribution in [0.2, 0.25) is 0 Å². The normalized spacial score (nSPS) is 24.2. The highest BCUT2D eigenvalue weighted by molar-refractivity contribution is 5.83. The summed E-state index contributed by atoms with van der Waals surface area (Å²) >= 11 is 0. The standard InChI is InChI=1S/C46H67NO11/c1-8-9-10-11-12-13-14-15-16-17-18-19-20-21-22-23-37(48)53-31(2)41(49)54-32(3)42(50)55-35-26-27-46(52)36-30-33-24-25-34(56-43(51)58-44(4,5)6)39-38(33)45(46,40(35)57-39)28-29-47(36)7/h15-16,24-26,31-32,36,40,52H,8-14,17-23,27-30H2,1-7H3/t31-,32-,36?,40-,45-,46-/m0/s1. The second kappa shape index (κ2) is 19.9. The van der Waals surface area contributed by atoms with Crippen LogP contribution in [0.15, 0.2) is 36.1 Å². The lowest BCUT2D eigenvalue weighted by atomic mass is 9.50. The first-order valence-electron chi connectivity index (χ1n) is 21.7. The van der Waals surface area contributed by atoms with Crippen LogP contribution in [0.5, 0.6) is 11.5 Å². The number of likely N-dealkylation sites (N-methyl/N-ethyl adjacent to an activating group) is 1. The van der Waals surface area contributed by atoms with Crippen molar-refractivity contribution in [2.24, 2.45) is 0 Å². The monoisotopic (exact) mass is 809 g/mol. The van der Waals surface area contributed by atoms with Crippen LogP contribution in [0.25, 0.3) is 0 Å². The van der Waals surface area contributed by atoms with Crippen molar-refractivity contribution < 1.29 is 52.7 Å². The van der Waals surface area contributed by atoms with Crippen molar-refractivity contribution in [2.45, 2.75) is 192 Å². The minimum Gasteiger partial charge on any atom is -0.477 e. The fourth-order valence-corrected chi connectivity index (χ4v) is 9.03. The summed E-state index contributed by atoms with van der Waals surface area (Å²) in [6.45, 7) is 10.9. The average molecular weight is 810 g/mol. The van der Waals surface area contributed by atoms with Gasteiger partial charge >= 0.3 is 24.1 Å². The van der Waals surface area contributed by atoms with E-state index in [1.54, 1.807) is 32.9 Å². The summed E-state index contributed by atoms with van der Waals surface area (Å²) in [5.41, 5.74) is -1.37. The van der Waals surface area contributed by atoms with Crippen LogP contribution >= 0.6 is 0 Å². The van der Waals surface area contributed by atoms with Crippen LogP contribution in [0, 0.1) is 0 Å². The Hall–Kier alpha value is -3.90. The molecule has 322 valence electrons. The van der Waals surface area contributed by atoms with E-state index < -0.39 is 59.0 Å². The summed E-state index contributed by atoms with van der Waals surface area (Å²) in [5, 5.41) is 12.5. The molecule has 2 aliphatic carbocycles. The van der Waals surface area contributed by atoms with E-state index in [4.69, 9.17) is 28.4 Å². The second-order valence-corrected chi connectivity index (χ2v) is 17.6. The molecule has 0 saturated carbocycles. The highest BCUT2D eigenvalue weighted by Crippen LogP contribution is 2.65. The molecule has 2 heterocycles. The lowest BCUT2D eigenvalue weighted by molar-refractivity contribution is -0.180. The first-order valence-corrected chi connectivity index (χ1v) is 21.7. The van der Waals surface area contributed by atoms with Crippen molar-refractivity contribution in [3.8, 4) is 11.5 Å². The molecule has 1 unspecified atom stereocenters. The molecule has 12 nitrogen and oxygen atoms in total. The van der Waals surface area contributed by atoms with Crippen LogP contribution in [0.3, 0.4) is 0 Å². The van der Waals surface area contributed by atoms with Crippen LogP contribution in [-0.4, -0.2) is 83.2 Å². The lowest BCUT2D eigenvalue weighted by Gasteiger charge is -2.61. The number of nitrogens with zero attached hydrogens (tertiary/aromatic N) is 1. The van der Waals surface area contributed by atoms with E-state index in [0.717, 1.165) is 49.7 Å². The molecule has 12 heteroatoms. The second-order valence-electron chi connectivity index (χ2n) is 17.6. The Balaban J connectivity index is 1.09. The number of ether oxygens (including phenoxy) is 6. The summed E-state index contributed by atoms with van der Waals surface area (Å²) in [4.78, 5) is 53.8. The molecule has 58 heavy (non-hydrogen) atoms. The van der Waals surface area contributed by atoms with Crippen molar-refractivity contribution in [3.05, 3.63) is 47.2 Å². The van der Waals surface area contributed by atoms with Gasteiger partial charge in [-0.2, -0.15) is 0 Å². The minimum atomic E-state index is -1.33. The fraction of sp³-hybridized carbons (Fsp3) is 0.696. The third-order valence-corrected chi connectivity index (χ3v) is 12.0. The summed E-state index contributed by atoms with van der Waals surface area (Å²) in [5.74, 6) is -1.59. The lowest BCUT2D eigenvalue weighted by Crippen LogP contribution is -2.74. The van der Waals surface area contributed by atoms with E-state index >= 15 is 0 Å². The Labute approximate surface area is 345 Å². The first-order chi connectivity index (χ1) is 27.6. The third-order valence-electron chi connectivity index (χ3n) is 12.0. The molecule has 2 aliphatic heterocycles. The van der Waals surface area contributed by atoms with Crippen LogP contribution in [0.1, 0.15) is 155 Å². The molecule has 1 saturated heterocycles. The number of hydrogen-bond donors (Lipinski definition) is 1. The van der Waals surface area contributed by atoms with Crippen LogP contribution in [-0.2, 0) is 45.2 Å². The van der Waals surface area contributed by atoms with E-state index in [2.05, 4.69) is 24.0 Å². The molecule has 1 N–H and O–H groups in total. The maximum atomic E-state index is 13.5. The Morgan fingerprint density at radius 3 is 2.21 bits per heavy atom. The Morgan fingerprint density at radius 2 is 1.53 bits per heavy atom. The number of esters is 3. The van der Waals surface area contributed by atoms with Crippen molar-refractivity contribution in [1.29, 1.82) is 0 Å². The topological polar surface area (TPSA) is 147 Å². The van der Waals surface area contributed by atoms with Crippen molar-refractivity contribution in [2.75, 3.05) is 13.6 Å². The number of allylic oxidation sites excluding steroid dienone is 2. The number of aliphatic hydroxyl groups is 1. The SMILES string of the molecule is CCCCCCCCC=CCCCCCCCC(=O)O[C@@H](C)C(=O)O[C@@H](C)C(=O)OC1=CC[C@]2(O)C3Cc4ccc(OC(=O)OC(C)(C)C)c5c4[C@@]2(CCN3C)[C@H]1O5. The fourth-order valence-electron chi connectivity index (χ4n) is 9.03. The molecular weight excluding hydrogens is 743 g/mol. The number of unbranched alkanes of at least 4 members (excludes halogenated alkanes) is 11. The van der Waals surface area contributed by atoms with E-state index in [1.165, 1.54) is 52.4 Å². The zero-order valence-electron chi connectivity index (χ0n) is 35.9. The van der Waals surface area contributed by atoms with E-state index in [9.17, 15) is 24.3 Å². The largest absolute Gasteiger partial charge is 0.514 e. The molecule has 0 aromatic heterocycles. The van der Waals surface area contributed by atoms with E-state index in [-0.39, 0.29) is 30.4 Å². The molecule has 1 aromatic rings. The zero-order chi connectivity index (χ0) is 42.1. The van der Waals surface area contributed by atoms with Crippen molar-refractivity contribution in [3.63, 3.8) is 0 Å². The van der Waals surface area contributed by atoms with Gasteiger partial charge in [0.05, 0.1) is 11.0 Å². The van der Waals surface area contributed by atoms with Gasteiger partial charge in [-0.25, -0.2) is 14.4 Å². The molecule has 6 atom stereocenters. The summed E-state index contributed by atoms with van der Waals surface area (Å²) < 4.78 is 34.3. The van der Waals surface area contributed by atoms with Crippen molar-refractivity contribution in [1.82, 2.24) is 4.90 Å². The highest BCUT2D eigenvalue weighted by atomic mass is 16.7. The van der Waals surface area contributed by atoms with E-state index in [0.29, 0.717) is 31.6 Å². The number of carbonyl (C=O) groups excluding carboxylic acids is 4. The number of rotatable bonds is 21. The maximum Gasteiger partial charge on any atom is 0.514 e. The first kappa shape index (κ1) is 45.2. The van der Waals surface area contributed by atoms with Crippen LogP contribution < -0.4 is 9.47 Å². The molecule has 1 aromatic carbocycles. The van der Waals surface area contributed by atoms with Gasteiger partial charge in [0.1, 0.15) is 11.4 Å². The van der Waals surface area contributed by atoms with Gasteiger partial charge in [-0.1, -0.05) is 76.5 Å². The third kappa shape index (κ3) is 10.4. The molecule has 0 amide bonds. The maximum absolute atomic E-state index is 13.5. The Kier molecular flexibility index (Phi) is 15.5. The quantitative estimate of drug-likeness (QED) is 0.0417. The number of piperidine rings is 1. The number of likely N-dealkylation sites (tertiary alicyclic amines) is 1. The Bertz CT molecular complexity index is 1680. The molecule has 0 radical (unpaired) electrons. The number of carbonyl (C=O) groups is 4. The molecule has 5 rings (SSSR count). The molecule has 4 aliphatic rings. The van der Waals surface area contributed by atoms with Gasteiger partial charge in [0.2, 0.25) is 0 Å². The average Bonchev–Trinajstić information content (AvgIpc) is 3.52. The number of benzene rings is 1. The number of hydrogen-bond acceptors (Lipinski definition) is 12. The minimum absolute atomic E-state index is 0.144. The molecule has 1 fully saturated rings. The Morgan fingerprint density at radius 1 is 0.897 bits per heavy atom. The summed E-state index contributed by atoms with van der Waals surface area (Å²) in [6.07, 6.45) is 18.3. The molecule has 2 bridgehead atoms. The van der Waals surface area contributed by atoms with E-state index in [1.807, 2.05) is 13.1 Å². The van der Waals surface area contributed by atoms with Crippen molar-refractivity contribution >= 4 is 24.1 Å². The van der Waals surface area contributed by atoms with Gasteiger partial charge in [-0.3, -0.25) is 4.79 Å². The highest BCUT2D eigenvalue weighted by Gasteiger charge is 2.72. The predicted molar refractivity (Wildman–Crippen MR) is 218 cm³/mol.